The molecule has 1 N–H and O–H groups in total. The van der Waals surface area contributed by atoms with E-state index < -0.39 is 46.5 Å². The summed E-state index contributed by atoms with van der Waals surface area (Å²) in [6, 6.07) is 6.16. The quantitative estimate of drug-likeness (QED) is 0.681. The molecule has 7 heteroatoms. The van der Waals surface area contributed by atoms with Crippen LogP contribution in [-0.2, 0) is 4.79 Å². The number of nitrogens with zero attached hydrogens (tertiary/aromatic N) is 1. The minimum atomic E-state index is -1.01. The van der Waals surface area contributed by atoms with Crippen molar-refractivity contribution in [3.8, 4) is 0 Å². The fourth-order valence-corrected chi connectivity index (χ4v) is 2.15. The number of halogens is 4. The Morgan fingerprint density at radius 1 is 0.913 bits per heavy atom. The van der Waals surface area contributed by atoms with Gasteiger partial charge in [-0.1, -0.05) is 12.1 Å². The smallest absolute Gasteiger partial charge is 0.248 e. The SMILES string of the molecule is O=C(C1CC1)N(Nc1c(F)cccc1F)c1c(F)cccc1F. The van der Waals surface area contributed by atoms with Crippen LogP contribution < -0.4 is 10.4 Å². The lowest BCUT2D eigenvalue weighted by Gasteiger charge is -2.25. The summed E-state index contributed by atoms with van der Waals surface area (Å²) >= 11 is 0. The average Bonchev–Trinajstić information content (AvgIpc) is 3.33. The molecule has 0 unspecified atom stereocenters. The lowest BCUT2D eigenvalue weighted by atomic mass is 10.2. The lowest BCUT2D eigenvalue weighted by Crippen LogP contribution is -2.39. The summed E-state index contributed by atoms with van der Waals surface area (Å²) in [5, 5.41) is 0.545. The number of para-hydroxylation sites is 2. The third kappa shape index (κ3) is 2.99. The molecule has 2 aromatic carbocycles. The predicted molar refractivity (Wildman–Crippen MR) is 76.5 cm³/mol. The molecular weight excluding hydrogens is 312 g/mol. The number of benzene rings is 2. The molecule has 0 aliphatic heterocycles. The van der Waals surface area contributed by atoms with Crippen molar-refractivity contribution in [3.63, 3.8) is 0 Å². The van der Waals surface area contributed by atoms with E-state index in [1.807, 2.05) is 0 Å². The van der Waals surface area contributed by atoms with Crippen molar-refractivity contribution in [2.24, 2.45) is 5.92 Å². The summed E-state index contributed by atoms with van der Waals surface area (Å²) in [6.45, 7) is 0. The van der Waals surface area contributed by atoms with Crippen LogP contribution in [0.2, 0.25) is 0 Å². The molecule has 3 rings (SSSR count). The van der Waals surface area contributed by atoms with E-state index in [4.69, 9.17) is 0 Å². The number of nitrogens with one attached hydrogen (secondary N) is 1. The van der Waals surface area contributed by atoms with Crippen molar-refractivity contribution in [1.82, 2.24) is 0 Å². The highest BCUT2D eigenvalue weighted by Gasteiger charge is 2.37. The van der Waals surface area contributed by atoms with Crippen LogP contribution in [0, 0.1) is 29.2 Å². The topological polar surface area (TPSA) is 32.3 Å². The minimum Gasteiger partial charge on any atom is -0.285 e. The molecule has 3 nitrogen and oxygen atoms in total. The van der Waals surface area contributed by atoms with Gasteiger partial charge in [0.2, 0.25) is 5.91 Å². The first-order valence-corrected chi connectivity index (χ1v) is 6.97. The molecule has 0 radical (unpaired) electrons. The van der Waals surface area contributed by atoms with E-state index in [1.54, 1.807) is 0 Å². The third-order valence-corrected chi connectivity index (χ3v) is 3.49. The maximum atomic E-state index is 14.0. The molecule has 0 spiro atoms. The van der Waals surface area contributed by atoms with E-state index in [1.165, 1.54) is 0 Å². The number of rotatable bonds is 4. The molecule has 0 aromatic heterocycles. The number of amides is 1. The first-order valence-electron chi connectivity index (χ1n) is 6.97. The number of hydrazine groups is 1. The Balaban J connectivity index is 2.05. The molecule has 2 aromatic rings. The van der Waals surface area contributed by atoms with E-state index in [0.29, 0.717) is 17.9 Å². The van der Waals surface area contributed by atoms with Crippen LogP contribution >= 0.6 is 0 Å². The fourth-order valence-electron chi connectivity index (χ4n) is 2.15. The maximum Gasteiger partial charge on any atom is 0.248 e. The molecule has 1 fully saturated rings. The highest BCUT2D eigenvalue weighted by molar-refractivity contribution is 5.98. The van der Waals surface area contributed by atoms with Crippen LogP contribution in [0.5, 0.6) is 0 Å². The summed E-state index contributed by atoms with van der Waals surface area (Å²) in [7, 11) is 0. The van der Waals surface area contributed by atoms with Gasteiger partial charge < -0.3 is 0 Å². The summed E-state index contributed by atoms with van der Waals surface area (Å²) < 4.78 is 55.5. The monoisotopic (exact) mass is 324 g/mol. The van der Waals surface area contributed by atoms with Crippen molar-refractivity contribution in [1.29, 1.82) is 0 Å². The van der Waals surface area contributed by atoms with Crippen LogP contribution in [0.25, 0.3) is 0 Å². The van der Waals surface area contributed by atoms with Crippen LogP contribution in [0.4, 0.5) is 28.9 Å². The fraction of sp³-hybridized carbons (Fsp3) is 0.188. The molecule has 0 bridgehead atoms. The average molecular weight is 324 g/mol. The Bertz CT molecular complexity index is 721. The van der Waals surface area contributed by atoms with Gasteiger partial charge in [-0.2, -0.15) is 0 Å². The van der Waals surface area contributed by atoms with Gasteiger partial charge in [0.05, 0.1) is 0 Å². The van der Waals surface area contributed by atoms with E-state index in [2.05, 4.69) is 5.43 Å². The first-order chi connectivity index (χ1) is 11.0. The van der Waals surface area contributed by atoms with Crippen LogP contribution in [0.1, 0.15) is 12.8 Å². The van der Waals surface area contributed by atoms with Crippen LogP contribution in [0.3, 0.4) is 0 Å². The Morgan fingerprint density at radius 2 is 1.39 bits per heavy atom. The normalized spacial score (nSPS) is 13.7. The summed E-state index contributed by atoms with van der Waals surface area (Å²) in [5.74, 6) is -5.04. The summed E-state index contributed by atoms with van der Waals surface area (Å²) in [5.41, 5.74) is 0.852. The molecule has 1 amide bonds. The van der Waals surface area contributed by atoms with Gasteiger partial charge in [-0.15, -0.1) is 0 Å². The number of anilines is 2. The highest BCUT2D eigenvalue weighted by atomic mass is 19.1. The maximum absolute atomic E-state index is 14.0. The number of carbonyl (C=O) groups excluding carboxylic acids is 1. The highest BCUT2D eigenvalue weighted by Crippen LogP contribution is 2.35. The molecule has 1 aliphatic rings. The minimum absolute atomic E-state index is 0.420. The predicted octanol–water partition coefficient (Wildman–Crippen LogP) is 4.01. The van der Waals surface area contributed by atoms with Gasteiger partial charge in [0, 0.05) is 5.92 Å². The van der Waals surface area contributed by atoms with Gasteiger partial charge in [-0.3, -0.25) is 10.2 Å². The van der Waals surface area contributed by atoms with Crippen molar-refractivity contribution >= 4 is 17.3 Å². The van der Waals surface area contributed by atoms with Crippen molar-refractivity contribution < 1.29 is 22.4 Å². The van der Waals surface area contributed by atoms with Gasteiger partial charge in [0.1, 0.15) is 11.4 Å². The van der Waals surface area contributed by atoms with E-state index >= 15 is 0 Å². The van der Waals surface area contributed by atoms with E-state index in [-0.39, 0.29) is 0 Å². The van der Waals surface area contributed by atoms with Gasteiger partial charge in [0.15, 0.2) is 23.3 Å². The Hall–Kier alpha value is -2.57. The second kappa shape index (κ2) is 5.91. The zero-order valence-electron chi connectivity index (χ0n) is 11.8. The molecule has 23 heavy (non-hydrogen) atoms. The molecule has 1 saturated carbocycles. The van der Waals surface area contributed by atoms with Gasteiger partial charge in [0.25, 0.3) is 0 Å². The molecule has 120 valence electrons. The van der Waals surface area contributed by atoms with Gasteiger partial charge >= 0.3 is 0 Å². The summed E-state index contributed by atoms with van der Waals surface area (Å²) in [6.07, 6.45) is 1.12. The molecule has 0 saturated heterocycles. The number of hydrogen-bond acceptors (Lipinski definition) is 2. The van der Waals surface area contributed by atoms with Gasteiger partial charge in [-0.05, 0) is 37.1 Å². The number of carbonyl (C=O) groups is 1. The third-order valence-electron chi connectivity index (χ3n) is 3.49. The van der Waals surface area contributed by atoms with Gasteiger partial charge in [-0.25, -0.2) is 22.6 Å². The molecular formula is C16H12F4N2O. The Kier molecular flexibility index (Phi) is 3.94. The van der Waals surface area contributed by atoms with Crippen molar-refractivity contribution in [3.05, 3.63) is 59.7 Å². The molecule has 1 aliphatic carbocycles. The Labute approximate surface area is 129 Å². The number of hydrogen-bond donors (Lipinski definition) is 1. The lowest BCUT2D eigenvalue weighted by molar-refractivity contribution is -0.119. The van der Waals surface area contributed by atoms with Crippen LogP contribution in [-0.4, -0.2) is 5.91 Å². The largest absolute Gasteiger partial charge is 0.285 e. The zero-order chi connectivity index (χ0) is 16.6. The Morgan fingerprint density at radius 3 is 1.87 bits per heavy atom. The second-order valence-corrected chi connectivity index (χ2v) is 5.23. The van der Waals surface area contributed by atoms with E-state index in [9.17, 15) is 22.4 Å². The standard InChI is InChI=1S/C16H12F4N2O/c17-10-3-1-4-11(18)14(10)21-22(16(23)9-7-8-9)15-12(19)5-2-6-13(15)20/h1-6,9,21H,7-8H2. The summed E-state index contributed by atoms with van der Waals surface area (Å²) in [4.78, 5) is 12.3. The zero-order valence-corrected chi connectivity index (χ0v) is 11.8. The molecule has 0 heterocycles. The van der Waals surface area contributed by atoms with Crippen molar-refractivity contribution in [2.75, 3.05) is 10.4 Å². The first kappa shape index (κ1) is 15.3. The van der Waals surface area contributed by atoms with Crippen molar-refractivity contribution in [2.45, 2.75) is 12.8 Å². The molecule has 0 atom stereocenters. The second-order valence-electron chi connectivity index (χ2n) is 5.23. The van der Waals surface area contributed by atoms with Crippen LogP contribution in [0.15, 0.2) is 36.4 Å². The van der Waals surface area contributed by atoms with E-state index in [0.717, 1.165) is 36.4 Å².